The van der Waals surface area contributed by atoms with E-state index in [0.29, 0.717) is 17.1 Å². The standard InChI is InChI=1S/C13H11BrO3S/c1-16-12-3-8(5-15)9(4-13(12)17-2)10-6-18-7-11(10)14/h3-7H,1-2H3. The lowest BCUT2D eigenvalue weighted by molar-refractivity contribution is 0.112. The van der Waals surface area contributed by atoms with Gasteiger partial charge in [-0.2, -0.15) is 11.3 Å². The number of aldehydes is 1. The summed E-state index contributed by atoms with van der Waals surface area (Å²) in [4.78, 5) is 11.2. The van der Waals surface area contributed by atoms with Gasteiger partial charge in [-0.25, -0.2) is 0 Å². The summed E-state index contributed by atoms with van der Waals surface area (Å²) in [6, 6.07) is 3.50. The van der Waals surface area contributed by atoms with Gasteiger partial charge in [-0.15, -0.1) is 0 Å². The van der Waals surface area contributed by atoms with Crippen LogP contribution in [0.2, 0.25) is 0 Å². The maximum Gasteiger partial charge on any atom is 0.161 e. The molecule has 0 saturated heterocycles. The lowest BCUT2D eigenvalue weighted by atomic mass is 10.0. The zero-order valence-electron chi connectivity index (χ0n) is 9.90. The van der Waals surface area contributed by atoms with Crippen LogP contribution in [0.15, 0.2) is 27.4 Å². The topological polar surface area (TPSA) is 35.5 Å². The zero-order valence-corrected chi connectivity index (χ0v) is 12.3. The number of hydrogen-bond donors (Lipinski definition) is 0. The number of hydrogen-bond acceptors (Lipinski definition) is 4. The fraction of sp³-hybridized carbons (Fsp3) is 0.154. The highest BCUT2D eigenvalue weighted by Gasteiger charge is 2.14. The average Bonchev–Trinajstić information content (AvgIpc) is 2.83. The first-order valence-corrected chi connectivity index (χ1v) is 6.88. The lowest BCUT2D eigenvalue weighted by Gasteiger charge is -2.11. The first-order valence-electron chi connectivity index (χ1n) is 5.14. The van der Waals surface area contributed by atoms with Crippen molar-refractivity contribution in [2.75, 3.05) is 14.2 Å². The summed E-state index contributed by atoms with van der Waals surface area (Å²) in [5, 5.41) is 3.96. The number of halogens is 1. The van der Waals surface area contributed by atoms with Gasteiger partial charge < -0.3 is 9.47 Å². The van der Waals surface area contributed by atoms with Gasteiger partial charge in [-0.05, 0) is 39.0 Å². The van der Waals surface area contributed by atoms with Gasteiger partial charge in [0.2, 0.25) is 0 Å². The number of rotatable bonds is 4. The van der Waals surface area contributed by atoms with Crippen LogP contribution in [0.5, 0.6) is 11.5 Å². The Morgan fingerprint density at radius 1 is 1.11 bits per heavy atom. The van der Waals surface area contributed by atoms with Crippen molar-refractivity contribution in [3.63, 3.8) is 0 Å². The molecule has 0 radical (unpaired) electrons. The molecule has 0 unspecified atom stereocenters. The third-order valence-corrected chi connectivity index (χ3v) is 4.29. The van der Waals surface area contributed by atoms with Crippen molar-refractivity contribution in [2.24, 2.45) is 0 Å². The molecule has 0 atom stereocenters. The maximum absolute atomic E-state index is 11.2. The van der Waals surface area contributed by atoms with E-state index >= 15 is 0 Å². The van der Waals surface area contributed by atoms with Crippen LogP contribution in [0.1, 0.15) is 10.4 Å². The summed E-state index contributed by atoms with van der Waals surface area (Å²) in [6.45, 7) is 0. The molecule has 0 aliphatic rings. The molecule has 0 amide bonds. The molecule has 3 nitrogen and oxygen atoms in total. The molecule has 0 spiro atoms. The molecule has 1 aromatic carbocycles. The molecular formula is C13H11BrO3S. The largest absolute Gasteiger partial charge is 0.493 e. The Morgan fingerprint density at radius 3 is 2.28 bits per heavy atom. The molecule has 18 heavy (non-hydrogen) atoms. The van der Waals surface area contributed by atoms with Crippen molar-refractivity contribution in [3.8, 4) is 22.6 Å². The Labute approximate surface area is 117 Å². The minimum atomic E-state index is 0.551. The van der Waals surface area contributed by atoms with E-state index in [1.807, 2.05) is 16.8 Å². The van der Waals surface area contributed by atoms with Gasteiger partial charge in [0.15, 0.2) is 17.8 Å². The van der Waals surface area contributed by atoms with Crippen LogP contribution in [0.25, 0.3) is 11.1 Å². The third kappa shape index (κ3) is 2.28. The predicted octanol–water partition coefficient (Wildman–Crippen LogP) is 4.01. The minimum Gasteiger partial charge on any atom is -0.493 e. The van der Waals surface area contributed by atoms with E-state index in [4.69, 9.17) is 9.47 Å². The Hall–Kier alpha value is -1.33. The molecule has 0 N–H and O–H groups in total. The van der Waals surface area contributed by atoms with Crippen molar-refractivity contribution in [1.29, 1.82) is 0 Å². The van der Waals surface area contributed by atoms with Gasteiger partial charge in [0.25, 0.3) is 0 Å². The summed E-state index contributed by atoms with van der Waals surface area (Å²) in [5.41, 5.74) is 2.38. The number of methoxy groups -OCH3 is 2. The number of carbonyl (C=O) groups is 1. The van der Waals surface area contributed by atoms with Crippen LogP contribution >= 0.6 is 27.3 Å². The van der Waals surface area contributed by atoms with E-state index in [1.165, 1.54) is 0 Å². The van der Waals surface area contributed by atoms with E-state index in [2.05, 4.69) is 15.9 Å². The molecule has 1 heterocycles. The molecule has 0 aliphatic heterocycles. The quantitative estimate of drug-likeness (QED) is 0.796. The van der Waals surface area contributed by atoms with Crippen molar-refractivity contribution in [1.82, 2.24) is 0 Å². The molecule has 2 aromatic rings. The third-order valence-electron chi connectivity index (χ3n) is 2.59. The number of thiophene rings is 1. The van der Waals surface area contributed by atoms with E-state index in [0.717, 1.165) is 21.9 Å². The highest BCUT2D eigenvalue weighted by Crippen LogP contribution is 2.39. The molecule has 0 fully saturated rings. The first-order chi connectivity index (χ1) is 8.71. The van der Waals surface area contributed by atoms with Crippen LogP contribution in [-0.2, 0) is 0 Å². The summed E-state index contributed by atoms with van der Waals surface area (Å²) < 4.78 is 11.4. The summed E-state index contributed by atoms with van der Waals surface area (Å²) >= 11 is 5.04. The van der Waals surface area contributed by atoms with Crippen LogP contribution < -0.4 is 9.47 Å². The van der Waals surface area contributed by atoms with E-state index in [-0.39, 0.29) is 0 Å². The molecule has 0 saturated carbocycles. The number of carbonyl (C=O) groups excluding carboxylic acids is 1. The SMILES string of the molecule is COc1cc(C=O)c(-c2cscc2Br)cc1OC. The van der Waals surface area contributed by atoms with Crippen molar-refractivity contribution in [3.05, 3.63) is 32.9 Å². The van der Waals surface area contributed by atoms with Crippen molar-refractivity contribution < 1.29 is 14.3 Å². The second-order valence-corrected chi connectivity index (χ2v) is 5.14. The van der Waals surface area contributed by atoms with Crippen LogP contribution in [0, 0.1) is 0 Å². The van der Waals surface area contributed by atoms with Gasteiger partial charge in [-0.1, -0.05) is 0 Å². The van der Waals surface area contributed by atoms with Crippen LogP contribution in [0.4, 0.5) is 0 Å². The van der Waals surface area contributed by atoms with Gasteiger partial charge in [0.05, 0.1) is 14.2 Å². The molecule has 2 rings (SSSR count). The fourth-order valence-electron chi connectivity index (χ4n) is 1.70. The Bertz CT molecular complexity index is 578. The van der Waals surface area contributed by atoms with E-state index < -0.39 is 0 Å². The molecule has 5 heteroatoms. The molecule has 0 aliphatic carbocycles. The smallest absolute Gasteiger partial charge is 0.161 e. The predicted molar refractivity (Wildman–Crippen MR) is 75.9 cm³/mol. The van der Waals surface area contributed by atoms with E-state index in [9.17, 15) is 4.79 Å². The maximum atomic E-state index is 11.2. The molecular weight excluding hydrogens is 316 g/mol. The molecule has 94 valence electrons. The van der Waals surface area contributed by atoms with Crippen LogP contribution in [0.3, 0.4) is 0 Å². The van der Waals surface area contributed by atoms with Gasteiger partial charge in [0.1, 0.15) is 0 Å². The monoisotopic (exact) mass is 326 g/mol. The molecule has 0 bridgehead atoms. The normalized spacial score (nSPS) is 10.2. The summed E-state index contributed by atoms with van der Waals surface area (Å²) in [5.74, 6) is 1.16. The Kier molecular flexibility index (Phi) is 4.04. The minimum absolute atomic E-state index is 0.551. The number of ether oxygens (including phenoxy) is 2. The van der Waals surface area contributed by atoms with Crippen LogP contribution in [-0.4, -0.2) is 20.5 Å². The summed E-state index contributed by atoms with van der Waals surface area (Å²) in [7, 11) is 3.12. The Balaban J connectivity index is 2.66. The number of benzene rings is 1. The van der Waals surface area contributed by atoms with Crippen molar-refractivity contribution in [2.45, 2.75) is 0 Å². The highest BCUT2D eigenvalue weighted by molar-refractivity contribution is 9.10. The fourth-order valence-corrected chi connectivity index (χ4v) is 3.21. The highest BCUT2D eigenvalue weighted by atomic mass is 79.9. The Morgan fingerprint density at radius 2 is 1.78 bits per heavy atom. The van der Waals surface area contributed by atoms with Gasteiger partial charge in [0, 0.05) is 21.0 Å². The van der Waals surface area contributed by atoms with E-state index in [1.54, 1.807) is 31.6 Å². The van der Waals surface area contributed by atoms with Gasteiger partial charge >= 0.3 is 0 Å². The molecule has 1 aromatic heterocycles. The summed E-state index contributed by atoms with van der Waals surface area (Å²) in [6.07, 6.45) is 0.821. The second kappa shape index (κ2) is 5.54. The first kappa shape index (κ1) is 13.1. The van der Waals surface area contributed by atoms with Gasteiger partial charge in [-0.3, -0.25) is 4.79 Å². The van der Waals surface area contributed by atoms with Crippen molar-refractivity contribution >= 4 is 33.6 Å². The average molecular weight is 327 g/mol. The second-order valence-electron chi connectivity index (χ2n) is 3.55. The lowest BCUT2D eigenvalue weighted by Crippen LogP contribution is -1.95. The zero-order chi connectivity index (χ0) is 13.1.